The van der Waals surface area contributed by atoms with Crippen molar-refractivity contribution in [3.63, 3.8) is 0 Å². The van der Waals surface area contributed by atoms with E-state index in [9.17, 15) is 5.11 Å². The Morgan fingerprint density at radius 2 is 2.16 bits per heavy atom. The Bertz CT molecular complexity index is 522. The predicted molar refractivity (Wildman–Crippen MR) is 74.9 cm³/mol. The lowest BCUT2D eigenvalue weighted by atomic mass is 10.0. The normalized spacial score (nSPS) is 12.6. The first-order valence-corrected chi connectivity index (χ1v) is 6.79. The van der Waals surface area contributed by atoms with Crippen LogP contribution in [0.1, 0.15) is 30.3 Å². The standard InChI is InChI=1S/C15H21N3O/c1-3-7-18-15(16-11-17-18)10-14(19)9-13-6-4-5-12(2)8-13/h4-6,8,11,14,19H,3,7,9-10H2,1-2H3. The van der Waals surface area contributed by atoms with Crippen LogP contribution in [0.5, 0.6) is 0 Å². The van der Waals surface area contributed by atoms with Crippen molar-refractivity contribution >= 4 is 0 Å². The van der Waals surface area contributed by atoms with E-state index in [1.807, 2.05) is 16.8 Å². The molecule has 1 heterocycles. The smallest absolute Gasteiger partial charge is 0.138 e. The van der Waals surface area contributed by atoms with Crippen LogP contribution in [0.25, 0.3) is 0 Å². The molecule has 2 rings (SSSR count). The highest BCUT2D eigenvalue weighted by Gasteiger charge is 2.11. The lowest BCUT2D eigenvalue weighted by Gasteiger charge is -2.11. The molecule has 0 bridgehead atoms. The molecule has 0 saturated carbocycles. The van der Waals surface area contributed by atoms with Crippen LogP contribution >= 0.6 is 0 Å². The lowest BCUT2D eigenvalue weighted by Crippen LogP contribution is -2.18. The Hall–Kier alpha value is -1.68. The molecule has 4 heteroatoms. The van der Waals surface area contributed by atoms with Crippen LogP contribution in [0, 0.1) is 6.92 Å². The SMILES string of the molecule is CCCn1ncnc1CC(O)Cc1cccc(C)c1. The monoisotopic (exact) mass is 259 g/mol. The molecule has 0 fully saturated rings. The van der Waals surface area contributed by atoms with Crippen molar-refractivity contribution in [1.29, 1.82) is 0 Å². The van der Waals surface area contributed by atoms with Crippen LogP contribution in [0.15, 0.2) is 30.6 Å². The zero-order valence-electron chi connectivity index (χ0n) is 11.6. The van der Waals surface area contributed by atoms with Crippen molar-refractivity contribution in [1.82, 2.24) is 14.8 Å². The molecule has 0 aliphatic rings. The van der Waals surface area contributed by atoms with Crippen LogP contribution in [-0.2, 0) is 19.4 Å². The van der Waals surface area contributed by atoms with Crippen LogP contribution in [-0.4, -0.2) is 26.0 Å². The summed E-state index contributed by atoms with van der Waals surface area (Å²) in [4.78, 5) is 4.23. The highest BCUT2D eigenvalue weighted by Crippen LogP contribution is 2.10. The van der Waals surface area contributed by atoms with E-state index in [1.54, 1.807) is 6.33 Å². The molecular formula is C15H21N3O. The molecule has 1 unspecified atom stereocenters. The van der Waals surface area contributed by atoms with Crippen LogP contribution in [0.3, 0.4) is 0 Å². The van der Waals surface area contributed by atoms with Crippen molar-refractivity contribution in [3.8, 4) is 0 Å². The summed E-state index contributed by atoms with van der Waals surface area (Å²) in [5, 5.41) is 14.4. The third-order valence-electron chi connectivity index (χ3n) is 3.10. The van der Waals surface area contributed by atoms with Gasteiger partial charge in [0.25, 0.3) is 0 Å². The van der Waals surface area contributed by atoms with Crippen molar-refractivity contribution in [2.75, 3.05) is 0 Å². The second-order valence-corrected chi connectivity index (χ2v) is 4.95. The molecule has 0 spiro atoms. The number of aromatic nitrogens is 3. The van der Waals surface area contributed by atoms with Crippen LogP contribution in [0.4, 0.5) is 0 Å². The second-order valence-electron chi connectivity index (χ2n) is 4.95. The van der Waals surface area contributed by atoms with E-state index in [-0.39, 0.29) is 0 Å². The number of aliphatic hydroxyl groups excluding tert-OH is 1. The maximum absolute atomic E-state index is 10.2. The molecule has 0 amide bonds. The molecule has 2 aromatic rings. The summed E-state index contributed by atoms with van der Waals surface area (Å²) >= 11 is 0. The van der Waals surface area contributed by atoms with Gasteiger partial charge in [-0.3, -0.25) is 4.68 Å². The summed E-state index contributed by atoms with van der Waals surface area (Å²) in [5.41, 5.74) is 2.38. The fourth-order valence-corrected chi connectivity index (χ4v) is 2.24. The average Bonchev–Trinajstić information content (AvgIpc) is 2.77. The Morgan fingerprint density at radius 1 is 1.32 bits per heavy atom. The Morgan fingerprint density at radius 3 is 2.89 bits per heavy atom. The Labute approximate surface area is 114 Å². The molecule has 1 aromatic carbocycles. The summed E-state index contributed by atoms with van der Waals surface area (Å²) in [5.74, 6) is 0.863. The largest absolute Gasteiger partial charge is 0.392 e. The molecule has 19 heavy (non-hydrogen) atoms. The molecular weight excluding hydrogens is 238 g/mol. The number of benzene rings is 1. The number of hydrogen-bond donors (Lipinski definition) is 1. The maximum Gasteiger partial charge on any atom is 0.138 e. The number of aryl methyl sites for hydroxylation is 2. The van der Waals surface area contributed by atoms with Crippen molar-refractivity contribution in [2.45, 2.75) is 45.8 Å². The van der Waals surface area contributed by atoms with E-state index in [4.69, 9.17) is 0 Å². The van der Waals surface area contributed by atoms with Crippen molar-refractivity contribution < 1.29 is 5.11 Å². The first-order valence-electron chi connectivity index (χ1n) is 6.79. The first-order chi connectivity index (χ1) is 9.19. The quantitative estimate of drug-likeness (QED) is 0.864. The average molecular weight is 259 g/mol. The number of aliphatic hydroxyl groups is 1. The van der Waals surface area contributed by atoms with Gasteiger partial charge in [-0.2, -0.15) is 5.10 Å². The number of nitrogens with zero attached hydrogens (tertiary/aromatic N) is 3. The zero-order chi connectivity index (χ0) is 13.7. The summed E-state index contributed by atoms with van der Waals surface area (Å²) < 4.78 is 1.87. The van der Waals surface area contributed by atoms with Crippen LogP contribution < -0.4 is 0 Å². The Balaban J connectivity index is 1.97. The summed E-state index contributed by atoms with van der Waals surface area (Å²) in [7, 11) is 0. The van der Waals surface area contributed by atoms with E-state index >= 15 is 0 Å². The van der Waals surface area contributed by atoms with Crippen molar-refractivity contribution in [2.24, 2.45) is 0 Å². The van der Waals surface area contributed by atoms with Gasteiger partial charge >= 0.3 is 0 Å². The van der Waals surface area contributed by atoms with Gasteiger partial charge in [0.05, 0.1) is 6.10 Å². The molecule has 0 aliphatic carbocycles. The zero-order valence-corrected chi connectivity index (χ0v) is 11.6. The highest BCUT2D eigenvalue weighted by atomic mass is 16.3. The van der Waals surface area contributed by atoms with Gasteiger partial charge < -0.3 is 5.11 Å². The van der Waals surface area contributed by atoms with Crippen molar-refractivity contribution in [3.05, 3.63) is 47.5 Å². The van der Waals surface area contributed by atoms with Gasteiger partial charge in [-0.15, -0.1) is 0 Å². The first kappa shape index (κ1) is 13.7. The molecule has 0 aliphatic heterocycles. The molecule has 1 aromatic heterocycles. The molecule has 102 valence electrons. The molecule has 1 N–H and O–H groups in total. The second kappa shape index (κ2) is 6.48. The summed E-state index contributed by atoms with van der Waals surface area (Å²) in [6.07, 6.45) is 3.37. The maximum atomic E-state index is 10.2. The molecule has 0 saturated heterocycles. The van der Waals surface area contributed by atoms with Gasteiger partial charge in [0.15, 0.2) is 0 Å². The van der Waals surface area contributed by atoms with E-state index in [0.29, 0.717) is 12.8 Å². The fourth-order valence-electron chi connectivity index (χ4n) is 2.24. The van der Waals surface area contributed by atoms with E-state index in [2.05, 4.69) is 36.1 Å². The topological polar surface area (TPSA) is 50.9 Å². The molecule has 4 nitrogen and oxygen atoms in total. The van der Waals surface area contributed by atoms with Gasteiger partial charge in [-0.1, -0.05) is 36.8 Å². The summed E-state index contributed by atoms with van der Waals surface area (Å²) in [6.45, 7) is 5.02. The minimum atomic E-state index is -0.415. The van der Waals surface area contributed by atoms with Gasteiger partial charge in [0, 0.05) is 13.0 Å². The highest BCUT2D eigenvalue weighted by molar-refractivity contribution is 5.22. The minimum Gasteiger partial charge on any atom is -0.392 e. The predicted octanol–water partition coefficient (Wildman–Crippen LogP) is 2.14. The third kappa shape index (κ3) is 3.89. The van der Waals surface area contributed by atoms with E-state index < -0.39 is 6.10 Å². The van der Waals surface area contributed by atoms with Gasteiger partial charge in [-0.25, -0.2) is 4.98 Å². The fraction of sp³-hybridized carbons (Fsp3) is 0.467. The third-order valence-corrected chi connectivity index (χ3v) is 3.10. The number of hydrogen-bond acceptors (Lipinski definition) is 3. The minimum absolute atomic E-state index is 0.415. The lowest BCUT2D eigenvalue weighted by molar-refractivity contribution is 0.171. The van der Waals surface area contributed by atoms with E-state index in [1.165, 1.54) is 5.56 Å². The summed E-state index contributed by atoms with van der Waals surface area (Å²) in [6, 6.07) is 8.25. The van der Waals surface area contributed by atoms with Crippen LogP contribution in [0.2, 0.25) is 0 Å². The Kier molecular flexibility index (Phi) is 4.68. The molecule has 1 atom stereocenters. The van der Waals surface area contributed by atoms with Gasteiger partial charge in [0.1, 0.15) is 12.2 Å². The van der Waals surface area contributed by atoms with E-state index in [0.717, 1.165) is 24.4 Å². The van der Waals surface area contributed by atoms with Gasteiger partial charge in [-0.05, 0) is 25.3 Å². The van der Waals surface area contributed by atoms with Gasteiger partial charge in [0.2, 0.25) is 0 Å². The number of rotatable bonds is 6. The molecule has 0 radical (unpaired) electrons.